The van der Waals surface area contributed by atoms with Crippen LogP contribution in [-0.4, -0.2) is 49.3 Å². The first-order chi connectivity index (χ1) is 37.8. The Morgan fingerprint density at radius 2 is 0.727 bits per heavy atom. The molecule has 77 heavy (non-hydrogen) atoms. The van der Waals surface area contributed by atoms with Crippen LogP contribution in [0.15, 0.2) is 122 Å². The van der Waals surface area contributed by atoms with E-state index in [4.69, 9.17) is 24.3 Å². The van der Waals surface area contributed by atoms with Gasteiger partial charge in [0.2, 0.25) is 0 Å². The summed E-state index contributed by atoms with van der Waals surface area (Å²) in [5.41, 5.74) is 5.38. The first-order valence-corrected chi connectivity index (χ1v) is 32.5. The molecule has 0 aliphatic carbocycles. The van der Waals surface area contributed by atoms with Crippen molar-refractivity contribution in [3.63, 3.8) is 0 Å². The molecule has 0 spiro atoms. The highest BCUT2D eigenvalue weighted by Gasteiger charge is 2.26. The van der Waals surface area contributed by atoms with Gasteiger partial charge in [0.25, 0.3) is 0 Å². The predicted octanol–water partition coefficient (Wildman–Crippen LogP) is 20.0. The molecule has 0 aliphatic heterocycles. The highest BCUT2D eigenvalue weighted by atomic mass is 31.2. The second-order valence-electron chi connectivity index (χ2n) is 20.2. The lowest BCUT2D eigenvalue weighted by molar-refractivity contribution is -0.161. The highest BCUT2D eigenvalue weighted by molar-refractivity contribution is 7.47. The van der Waals surface area contributed by atoms with Crippen LogP contribution in [0.3, 0.4) is 0 Å². The van der Waals surface area contributed by atoms with Crippen molar-refractivity contribution in [3.8, 4) is 0 Å². The molecule has 0 saturated carbocycles. The largest absolute Gasteiger partial charge is 0.472 e. The summed E-state index contributed by atoms with van der Waals surface area (Å²) >= 11 is 0. The molecule has 10 heteroatoms. The normalized spacial score (nSPS) is 13.9. The van der Waals surface area contributed by atoms with E-state index in [1.807, 2.05) is 6.08 Å². The molecule has 0 heterocycles. The van der Waals surface area contributed by atoms with Gasteiger partial charge in [-0.05, 0) is 103 Å². The Balaban J connectivity index is 4.07. The minimum atomic E-state index is -4.41. The molecule has 0 aromatic rings. The SMILES string of the molecule is CC/C=C\C/C=C\C/C=C\C/C=C\C/C=C\C/C=C\C/C=C\C/C=C\C/C=C\CCCC(=O)OC(COC(=O)CCCCCCCCCCCCCCCCC/C=C\CCCCCCCCCC)COP(=O)(O)OCCN. The molecule has 0 bridgehead atoms. The van der Waals surface area contributed by atoms with E-state index in [1.165, 1.54) is 141 Å². The molecule has 440 valence electrons. The van der Waals surface area contributed by atoms with Gasteiger partial charge in [0, 0.05) is 19.4 Å². The van der Waals surface area contributed by atoms with Gasteiger partial charge in [-0.15, -0.1) is 0 Å². The molecular weight excluding hydrogens is 978 g/mol. The standard InChI is InChI=1S/C67H114NO8P/c1-3-5-7-9-11-13-15-17-19-21-23-25-27-29-31-32-34-36-38-40-42-44-46-48-50-52-54-56-58-60-67(70)76-65(64-75-77(71,72)74-62-61-68)63-73-66(69)59-57-55-53-51-49-47-45-43-41-39-37-35-33-30-28-26-24-22-20-18-16-14-12-10-8-6-4-2/h5,7,11,13,17,19,22-25,29,31,34,36,40,42,46,48,52,54,65H,3-4,6,8-10,12,14-16,18,20-21,26-28,30,32-33,35,37-39,41,43-45,47,49-51,53,55-64,68H2,1-2H3,(H,71,72)/b7-5-,13-11-,19-17-,24-22-,25-23-,31-29-,36-34-,42-40-,48-46-,54-52-. The van der Waals surface area contributed by atoms with E-state index in [0.717, 1.165) is 77.0 Å². The maximum absolute atomic E-state index is 12.7. The Bertz CT molecular complexity index is 1670. The molecule has 0 aromatic heterocycles. The van der Waals surface area contributed by atoms with Gasteiger partial charge in [0.1, 0.15) is 6.61 Å². The summed E-state index contributed by atoms with van der Waals surface area (Å²) in [5, 5.41) is 0. The van der Waals surface area contributed by atoms with Crippen LogP contribution in [0, 0.1) is 0 Å². The third-order valence-electron chi connectivity index (χ3n) is 12.8. The number of rotatable bonds is 57. The van der Waals surface area contributed by atoms with Gasteiger partial charge in [0.05, 0.1) is 13.2 Å². The minimum Gasteiger partial charge on any atom is -0.462 e. The van der Waals surface area contributed by atoms with Gasteiger partial charge >= 0.3 is 19.8 Å². The van der Waals surface area contributed by atoms with E-state index >= 15 is 0 Å². The second kappa shape index (κ2) is 61.6. The zero-order valence-corrected chi connectivity index (χ0v) is 50.0. The van der Waals surface area contributed by atoms with Gasteiger partial charge in [-0.2, -0.15) is 0 Å². The van der Waals surface area contributed by atoms with E-state index in [9.17, 15) is 19.0 Å². The predicted molar refractivity (Wildman–Crippen MR) is 330 cm³/mol. The molecule has 2 atom stereocenters. The highest BCUT2D eigenvalue weighted by Crippen LogP contribution is 2.43. The number of unbranched alkanes of at least 4 members (excludes halogenated alkanes) is 24. The van der Waals surface area contributed by atoms with E-state index in [1.54, 1.807) is 0 Å². The van der Waals surface area contributed by atoms with Gasteiger partial charge in [-0.25, -0.2) is 4.57 Å². The summed E-state index contributed by atoms with van der Waals surface area (Å²) in [6.45, 7) is 3.57. The van der Waals surface area contributed by atoms with Crippen LogP contribution in [0.5, 0.6) is 0 Å². The fourth-order valence-corrected chi connectivity index (χ4v) is 9.05. The number of esters is 2. The van der Waals surface area contributed by atoms with Crippen LogP contribution in [-0.2, 0) is 32.7 Å². The number of allylic oxidation sites excluding steroid dienone is 20. The number of nitrogens with two attached hydrogens (primary N) is 1. The molecular formula is C67H114NO8P. The van der Waals surface area contributed by atoms with Crippen LogP contribution < -0.4 is 5.73 Å². The third kappa shape index (κ3) is 61.5. The lowest BCUT2D eigenvalue weighted by atomic mass is 10.0. The Hall–Kier alpha value is -3.59. The van der Waals surface area contributed by atoms with E-state index in [-0.39, 0.29) is 32.6 Å². The Morgan fingerprint density at radius 3 is 1.12 bits per heavy atom. The average molecular weight is 1090 g/mol. The van der Waals surface area contributed by atoms with Gasteiger partial charge in [0.15, 0.2) is 6.10 Å². The summed E-state index contributed by atoms with van der Waals surface area (Å²) in [5.74, 6) is -0.899. The summed E-state index contributed by atoms with van der Waals surface area (Å²) in [7, 11) is -4.41. The van der Waals surface area contributed by atoms with E-state index in [0.29, 0.717) is 12.8 Å². The van der Waals surface area contributed by atoms with Crippen molar-refractivity contribution in [2.24, 2.45) is 5.73 Å². The van der Waals surface area contributed by atoms with Gasteiger partial charge in [-0.3, -0.25) is 18.6 Å². The first kappa shape index (κ1) is 73.4. The fraction of sp³-hybridized carbons (Fsp3) is 0.672. The first-order valence-electron chi connectivity index (χ1n) is 31.0. The number of ether oxygens (including phenoxy) is 2. The zero-order chi connectivity index (χ0) is 55.9. The van der Waals surface area contributed by atoms with Gasteiger partial charge in [-0.1, -0.05) is 264 Å². The second-order valence-corrected chi connectivity index (χ2v) is 21.6. The van der Waals surface area contributed by atoms with Gasteiger partial charge < -0.3 is 20.1 Å². The minimum absolute atomic E-state index is 0.0384. The molecule has 0 radical (unpaired) electrons. The number of phosphoric ester groups is 1. The molecule has 0 rings (SSSR count). The zero-order valence-electron chi connectivity index (χ0n) is 49.2. The Morgan fingerprint density at radius 1 is 0.403 bits per heavy atom. The number of hydrogen-bond acceptors (Lipinski definition) is 8. The van der Waals surface area contributed by atoms with Crippen molar-refractivity contribution in [2.45, 2.75) is 264 Å². The summed E-state index contributed by atoms with van der Waals surface area (Å²) in [4.78, 5) is 35.2. The lowest BCUT2D eigenvalue weighted by Gasteiger charge is -2.19. The van der Waals surface area contributed by atoms with Crippen molar-refractivity contribution >= 4 is 19.8 Å². The maximum Gasteiger partial charge on any atom is 0.472 e. The van der Waals surface area contributed by atoms with Crippen molar-refractivity contribution in [1.82, 2.24) is 0 Å². The average Bonchev–Trinajstić information content (AvgIpc) is 3.42. The monoisotopic (exact) mass is 1090 g/mol. The molecule has 2 unspecified atom stereocenters. The molecule has 0 fully saturated rings. The van der Waals surface area contributed by atoms with Crippen LogP contribution in [0.4, 0.5) is 0 Å². The van der Waals surface area contributed by atoms with Crippen LogP contribution in [0.1, 0.15) is 258 Å². The quantitative estimate of drug-likeness (QED) is 0.0264. The van der Waals surface area contributed by atoms with E-state index < -0.39 is 32.5 Å². The van der Waals surface area contributed by atoms with Crippen LogP contribution in [0.2, 0.25) is 0 Å². The van der Waals surface area contributed by atoms with E-state index in [2.05, 4.69) is 129 Å². The molecule has 0 amide bonds. The molecule has 9 nitrogen and oxygen atoms in total. The number of carbonyl (C=O) groups is 2. The molecule has 0 saturated heterocycles. The molecule has 0 aromatic carbocycles. The fourth-order valence-electron chi connectivity index (χ4n) is 8.28. The molecule has 3 N–H and O–H groups in total. The summed E-state index contributed by atoms with van der Waals surface area (Å²) < 4.78 is 33.0. The van der Waals surface area contributed by atoms with Crippen LogP contribution in [0.25, 0.3) is 0 Å². The third-order valence-corrected chi connectivity index (χ3v) is 13.8. The van der Waals surface area contributed by atoms with Crippen molar-refractivity contribution < 1.29 is 37.6 Å². The molecule has 0 aliphatic rings. The number of phosphoric acid groups is 1. The van der Waals surface area contributed by atoms with Crippen molar-refractivity contribution in [1.29, 1.82) is 0 Å². The Labute approximate surface area is 472 Å². The topological polar surface area (TPSA) is 134 Å². The van der Waals surface area contributed by atoms with Crippen molar-refractivity contribution in [2.75, 3.05) is 26.4 Å². The number of hydrogen-bond donors (Lipinski definition) is 2. The summed E-state index contributed by atoms with van der Waals surface area (Å²) in [6.07, 6.45) is 85.6. The van der Waals surface area contributed by atoms with Crippen molar-refractivity contribution in [3.05, 3.63) is 122 Å². The Kier molecular flexibility index (Phi) is 58.7. The lowest BCUT2D eigenvalue weighted by Crippen LogP contribution is -2.29. The smallest absolute Gasteiger partial charge is 0.462 e. The summed E-state index contributed by atoms with van der Waals surface area (Å²) in [6, 6.07) is 0. The maximum atomic E-state index is 12.7. The van der Waals surface area contributed by atoms with Crippen LogP contribution >= 0.6 is 7.82 Å². The number of carbonyl (C=O) groups excluding carboxylic acids is 2.